The predicted molar refractivity (Wildman–Crippen MR) is 77.9 cm³/mol. The van der Waals surface area contributed by atoms with Gasteiger partial charge in [-0.25, -0.2) is 9.97 Å². The second kappa shape index (κ2) is 6.73. The lowest BCUT2D eigenvalue weighted by Crippen LogP contribution is -2.22. The van der Waals surface area contributed by atoms with E-state index >= 15 is 0 Å². The Bertz CT molecular complexity index is 580. The summed E-state index contributed by atoms with van der Waals surface area (Å²) in [5.74, 6) is 0.601. The molecule has 1 atom stereocenters. The number of carbonyl (C=O) groups is 1. The fraction of sp³-hybridized carbons (Fsp3) is 0.429. The molecule has 2 aromatic rings. The average Bonchev–Trinajstić information content (AvgIpc) is 3.08. The zero-order valence-electron chi connectivity index (χ0n) is 11.5. The van der Waals surface area contributed by atoms with Gasteiger partial charge in [-0.05, 0) is 19.3 Å². The van der Waals surface area contributed by atoms with E-state index in [0.717, 1.165) is 37.3 Å². The first-order valence-corrected chi connectivity index (χ1v) is 7.80. The SMILES string of the molecule is O=C(NCc1cnc([C@H]2CCCCO2)nc1)c1cncs1. The summed E-state index contributed by atoms with van der Waals surface area (Å²) in [6, 6.07) is 0. The summed E-state index contributed by atoms with van der Waals surface area (Å²) in [4.78, 5) is 25.0. The summed E-state index contributed by atoms with van der Waals surface area (Å²) in [5, 5.41) is 2.82. The van der Waals surface area contributed by atoms with Crippen LogP contribution >= 0.6 is 11.3 Å². The van der Waals surface area contributed by atoms with Crippen LogP contribution in [0.3, 0.4) is 0 Å². The molecule has 0 aliphatic carbocycles. The number of aromatic nitrogens is 3. The lowest BCUT2D eigenvalue weighted by atomic mass is 10.1. The molecular weight excluding hydrogens is 288 g/mol. The summed E-state index contributed by atoms with van der Waals surface area (Å²) in [7, 11) is 0. The van der Waals surface area contributed by atoms with Crippen LogP contribution in [0.4, 0.5) is 0 Å². The van der Waals surface area contributed by atoms with Gasteiger partial charge in [0.05, 0.1) is 11.7 Å². The molecule has 110 valence electrons. The van der Waals surface area contributed by atoms with Crippen molar-refractivity contribution in [1.29, 1.82) is 0 Å². The maximum Gasteiger partial charge on any atom is 0.263 e. The van der Waals surface area contributed by atoms with Crippen LogP contribution in [0.15, 0.2) is 24.1 Å². The Balaban J connectivity index is 1.55. The molecule has 0 saturated carbocycles. The highest BCUT2D eigenvalue weighted by Gasteiger charge is 2.18. The van der Waals surface area contributed by atoms with E-state index in [1.807, 2.05) is 0 Å². The van der Waals surface area contributed by atoms with Crippen molar-refractivity contribution >= 4 is 17.2 Å². The Kier molecular flexibility index (Phi) is 4.52. The van der Waals surface area contributed by atoms with Crippen LogP contribution < -0.4 is 5.32 Å². The lowest BCUT2D eigenvalue weighted by molar-refractivity contribution is 0.00940. The van der Waals surface area contributed by atoms with Crippen molar-refractivity contribution in [2.45, 2.75) is 31.9 Å². The number of carbonyl (C=O) groups excluding carboxylic acids is 1. The zero-order chi connectivity index (χ0) is 14.5. The third kappa shape index (κ3) is 3.62. The van der Waals surface area contributed by atoms with Crippen molar-refractivity contribution in [1.82, 2.24) is 20.3 Å². The molecule has 21 heavy (non-hydrogen) atoms. The van der Waals surface area contributed by atoms with E-state index in [0.29, 0.717) is 11.4 Å². The largest absolute Gasteiger partial charge is 0.370 e. The van der Waals surface area contributed by atoms with Crippen LogP contribution in [0.25, 0.3) is 0 Å². The van der Waals surface area contributed by atoms with Crippen molar-refractivity contribution in [2.24, 2.45) is 0 Å². The summed E-state index contributed by atoms with van der Waals surface area (Å²) in [6.45, 7) is 1.18. The van der Waals surface area contributed by atoms with E-state index in [2.05, 4.69) is 20.3 Å². The first kappa shape index (κ1) is 14.1. The first-order chi connectivity index (χ1) is 10.3. The molecule has 1 aliphatic heterocycles. The normalized spacial score (nSPS) is 18.4. The highest BCUT2D eigenvalue weighted by molar-refractivity contribution is 7.11. The highest BCUT2D eigenvalue weighted by Crippen LogP contribution is 2.24. The summed E-state index contributed by atoms with van der Waals surface area (Å²) >= 11 is 1.32. The molecule has 0 bridgehead atoms. The molecule has 0 unspecified atom stereocenters. The number of ether oxygens (including phenoxy) is 1. The molecule has 1 fully saturated rings. The topological polar surface area (TPSA) is 77.0 Å². The fourth-order valence-corrected chi connectivity index (χ4v) is 2.70. The maximum atomic E-state index is 11.8. The van der Waals surface area contributed by atoms with Crippen LogP contribution in [-0.2, 0) is 11.3 Å². The Morgan fingerprint density at radius 3 is 2.86 bits per heavy atom. The quantitative estimate of drug-likeness (QED) is 0.936. The van der Waals surface area contributed by atoms with E-state index in [-0.39, 0.29) is 12.0 Å². The highest BCUT2D eigenvalue weighted by atomic mass is 32.1. The van der Waals surface area contributed by atoms with Gasteiger partial charge in [-0.3, -0.25) is 9.78 Å². The minimum Gasteiger partial charge on any atom is -0.370 e. The number of hydrogen-bond acceptors (Lipinski definition) is 6. The molecule has 7 heteroatoms. The Labute approximate surface area is 126 Å². The molecule has 2 aromatic heterocycles. The minimum atomic E-state index is -0.128. The molecular formula is C14H16N4O2S. The number of nitrogens with zero attached hydrogens (tertiary/aromatic N) is 3. The number of amides is 1. The van der Waals surface area contributed by atoms with Gasteiger partial charge in [0.15, 0.2) is 5.82 Å². The fourth-order valence-electron chi connectivity index (χ4n) is 2.16. The second-order valence-electron chi connectivity index (χ2n) is 4.85. The number of rotatable bonds is 4. The molecule has 0 radical (unpaired) electrons. The average molecular weight is 304 g/mol. The van der Waals surface area contributed by atoms with Crippen molar-refractivity contribution < 1.29 is 9.53 Å². The number of hydrogen-bond donors (Lipinski definition) is 1. The van der Waals surface area contributed by atoms with Crippen LogP contribution in [0.2, 0.25) is 0 Å². The smallest absolute Gasteiger partial charge is 0.263 e. The van der Waals surface area contributed by atoms with Crippen molar-refractivity contribution in [3.05, 3.63) is 40.4 Å². The lowest BCUT2D eigenvalue weighted by Gasteiger charge is -2.21. The summed E-state index contributed by atoms with van der Waals surface area (Å²) < 4.78 is 5.65. The first-order valence-electron chi connectivity index (χ1n) is 6.92. The van der Waals surface area contributed by atoms with Crippen molar-refractivity contribution in [2.75, 3.05) is 6.61 Å². The molecule has 0 spiro atoms. The van der Waals surface area contributed by atoms with Gasteiger partial charge in [0, 0.05) is 31.1 Å². The monoisotopic (exact) mass is 304 g/mol. The van der Waals surface area contributed by atoms with Crippen molar-refractivity contribution in [3.8, 4) is 0 Å². The predicted octanol–water partition coefficient (Wildman–Crippen LogP) is 2.10. The van der Waals surface area contributed by atoms with Crippen LogP contribution in [-0.4, -0.2) is 27.5 Å². The van der Waals surface area contributed by atoms with Crippen LogP contribution in [0, 0.1) is 0 Å². The van der Waals surface area contributed by atoms with E-state index in [1.165, 1.54) is 11.3 Å². The van der Waals surface area contributed by atoms with Gasteiger partial charge < -0.3 is 10.1 Å². The summed E-state index contributed by atoms with van der Waals surface area (Å²) in [6.07, 6.45) is 8.29. The third-order valence-electron chi connectivity index (χ3n) is 3.30. The minimum absolute atomic E-state index is 0.0135. The maximum absolute atomic E-state index is 11.8. The van der Waals surface area contributed by atoms with Gasteiger partial charge >= 0.3 is 0 Å². The van der Waals surface area contributed by atoms with Crippen LogP contribution in [0.1, 0.15) is 46.4 Å². The summed E-state index contributed by atoms with van der Waals surface area (Å²) in [5.41, 5.74) is 2.50. The van der Waals surface area contributed by atoms with E-state index in [9.17, 15) is 4.79 Å². The molecule has 1 N–H and O–H groups in total. The number of thiazole rings is 1. The van der Waals surface area contributed by atoms with E-state index in [4.69, 9.17) is 4.74 Å². The van der Waals surface area contributed by atoms with Gasteiger partial charge in [-0.2, -0.15) is 0 Å². The molecule has 1 amide bonds. The second-order valence-corrected chi connectivity index (χ2v) is 5.74. The molecule has 3 rings (SSSR count). The van der Waals surface area contributed by atoms with E-state index in [1.54, 1.807) is 24.1 Å². The Hall–Kier alpha value is -1.86. The zero-order valence-corrected chi connectivity index (χ0v) is 12.3. The van der Waals surface area contributed by atoms with Gasteiger partial charge in [0.1, 0.15) is 11.0 Å². The molecule has 0 aromatic carbocycles. The van der Waals surface area contributed by atoms with Crippen LogP contribution in [0.5, 0.6) is 0 Å². The van der Waals surface area contributed by atoms with E-state index < -0.39 is 0 Å². The Morgan fingerprint density at radius 1 is 1.33 bits per heavy atom. The van der Waals surface area contributed by atoms with Gasteiger partial charge in [0.2, 0.25) is 0 Å². The standard InChI is InChI=1S/C14H16N4O2S/c19-14(12-8-15-9-21-12)18-7-10-5-16-13(17-6-10)11-3-1-2-4-20-11/h5-6,8-9,11H,1-4,7H2,(H,18,19)/t11-/m1/s1. The number of nitrogens with one attached hydrogen (secondary N) is 1. The molecule has 3 heterocycles. The third-order valence-corrected chi connectivity index (χ3v) is 4.07. The molecule has 1 saturated heterocycles. The van der Waals surface area contributed by atoms with Gasteiger partial charge in [0.25, 0.3) is 5.91 Å². The Morgan fingerprint density at radius 2 is 2.19 bits per heavy atom. The molecule has 6 nitrogen and oxygen atoms in total. The van der Waals surface area contributed by atoms with Gasteiger partial charge in [-0.15, -0.1) is 11.3 Å². The molecule has 1 aliphatic rings. The van der Waals surface area contributed by atoms with Gasteiger partial charge in [-0.1, -0.05) is 0 Å². The van der Waals surface area contributed by atoms with Crippen molar-refractivity contribution in [3.63, 3.8) is 0 Å².